The smallest absolute Gasteiger partial charge is 0.225 e. The van der Waals surface area contributed by atoms with Crippen LogP contribution >= 0.6 is 0 Å². The van der Waals surface area contributed by atoms with E-state index in [2.05, 4.69) is 17.2 Å². The second-order valence-corrected chi connectivity index (χ2v) is 8.94. The number of nitrogens with one attached hydrogen (secondary N) is 1. The highest BCUT2D eigenvalue weighted by molar-refractivity contribution is 5.90. The lowest BCUT2D eigenvalue weighted by Crippen LogP contribution is -2.60. The Balaban J connectivity index is 1.80. The van der Waals surface area contributed by atoms with Gasteiger partial charge in [0.1, 0.15) is 5.82 Å². The number of nitrogens with zero attached hydrogens (tertiary/aromatic N) is 1. The Morgan fingerprint density at radius 2 is 2.00 bits per heavy atom. The second-order valence-electron chi connectivity index (χ2n) is 8.94. The van der Waals surface area contributed by atoms with E-state index in [4.69, 9.17) is 0 Å². The van der Waals surface area contributed by atoms with Crippen LogP contribution in [0.3, 0.4) is 0 Å². The Hall–Kier alpha value is -1.50. The fourth-order valence-corrected chi connectivity index (χ4v) is 5.61. The number of aryl methyl sites for hydroxylation is 1. The zero-order valence-corrected chi connectivity index (χ0v) is 16.5. The summed E-state index contributed by atoms with van der Waals surface area (Å²) in [6, 6.07) is 5.47. The number of hydrogen-bond acceptors (Lipinski definition) is 5. The summed E-state index contributed by atoms with van der Waals surface area (Å²) in [5.41, 5.74) is -0.0661. The minimum atomic E-state index is -0.597. The Morgan fingerprint density at radius 3 is 2.67 bits per heavy atom. The van der Waals surface area contributed by atoms with E-state index in [0.717, 1.165) is 18.5 Å². The highest BCUT2D eigenvalue weighted by atomic mass is 16.3. The molecule has 3 rings (SSSR count). The van der Waals surface area contributed by atoms with Gasteiger partial charge in [0.2, 0.25) is 5.91 Å². The number of fused-ring (bicyclic) bond motifs is 1. The van der Waals surface area contributed by atoms with Gasteiger partial charge in [-0.3, -0.25) is 4.79 Å². The molecule has 0 radical (unpaired) electrons. The summed E-state index contributed by atoms with van der Waals surface area (Å²) in [5, 5.41) is 34.1. The monoisotopic (exact) mass is 376 g/mol. The lowest BCUT2D eigenvalue weighted by molar-refractivity contribution is -0.185. The number of aliphatic hydroxyl groups excluding tert-OH is 3. The van der Waals surface area contributed by atoms with Crippen LogP contribution in [0.25, 0.3) is 0 Å². The van der Waals surface area contributed by atoms with Crippen LogP contribution in [-0.4, -0.2) is 45.0 Å². The quantitative estimate of drug-likeness (QED) is 0.646. The fraction of sp³-hybridized carbons (Fsp3) is 0.714. The number of pyridine rings is 1. The highest BCUT2D eigenvalue weighted by Gasteiger charge is 2.58. The molecule has 2 aliphatic rings. The fourth-order valence-electron chi connectivity index (χ4n) is 5.61. The van der Waals surface area contributed by atoms with Crippen LogP contribution in [0.15, 0.2) is 18.2 Å². The number of hydrogen-bond donors (Lipinski definition) is 4. The van der Waals surface area contributed by atoms with Gasteiger partial charge in [-0.25, -0.2) is 4.98 Å². The average Bonchev–Trinajstić information content (AvgIpc) is 2.62. The van der Waals surface area contributed by atoms with Gasteiger partial charge in [0.25, 0.3) is 0 Å². The molecule has 6 atom stereocenters. The van der Waals surface area contributed by atoms with E-state index in [1.165, 1.54) is 0 Å². The van der Waals surface area contributed by atoms with E-state index in [-0.39, 0.29) is 36.2 Å². The molecule has 0 unspecified atom stereocenters. The standard InChI is InChI=1S/C21H32N2O4/c1-13-5-4-6-18(22-13)23-19(27)11-14-15(25)7-8-16-20(14,2)10-9-17(26)21(16,3)12-24/h4-6,14-17,24-26H,7-12H2,1-3H3,(H,22,23,27)/t14-,15-,16+,17-,20+,21+/m1/s1. The van der Waals surface area contributed by atoms with Gasteiger partial charge in [-0.2, -0.15) is 0 Å². The summed E-state index contributed by atoms with van der Waals surface area (Å²) >= 11 is 0. The van der Waals surface area contributed by atoms with Crippen molar-refractivity contribution in [2.75, 3.05) is 11.9 Å². The minimum absolute atomic E-state index is 0.0667. The van der Waals surface area contributed by atoms with Gasteiger partial charge in [-0.15, -0.1) is 0 Å². The molecule has 1 amide bonds. The zero-order valence-electron chi connectivity index (χ0n) is 16.5. The van der Waals surface area contributed by atoms with Crippen LogP contribution in [0.4, 0.5) is 5.82 Å². The number of carbonyl (C=O) groups is 1. The first-order valence-electron chi connectivity index (χ1n) is 9.91. The number of rotatable bonds is 4. The molecule has 0 spiro atoms. The first kappa shape index (κ1) is 20.2. The van der Waals surface area contributed by atoms with Crippen molar-refractivity contribution < 1.29 is 20.1 Å². The molecule has 1 heterocycles. The second kappa shape index (κ2) is 7.49. The van der Waals surface area contributed by atoms with Gasteiger partial charge in [-0.05, 0) is 62.0 Å². The van der Waals surface area contributed by atoms with Gasteiger partial charge >= 0.3 is 0 Å². The van der Waals surface area contributed by atoms with Crippen molar-refractivity contribution >= 4 is 11.7 Å². The minimum Gasteiger partial charge on any atom is -0.396 e. The summed E-state index contributed by atoms with van der Waals surface area (Å²) in [5.74, 6) is 0.221. The van der Waals surface area contributed by atoms with E-state index in [9.17, 15) is 20.1 Å². The normalized spacial score (nSPS) is 38.9. The van der Waals surface area contributed by atoms with E-state index in [1.54, 1.807) is 6.07 Å². The van der Waals surface area contributed by atoms with Crippen LogP contribution < -0.4 is 5.32 Å². The maximum atomic E-state index is 12.7. The first-order chi connectivity index (χ1) is 12.7. The predicted octanol–water partition coefficient (Wildman–Crippen LogP) is 2.27. The number of aliphatic hydroxyl groups is 3. The van der Waals surface area contributed by atoms with Gasteiger partial charge < -0.3 is 20.6 Å². The molecule has 27 heavy (non-hydrogen) atoms. The predicted molar refractivity (Wildman–Crippen MR) is 103 cm³/mol. The summed E-state index contributed by atoms with van der Waals surface area (Å²) < 4.78 is 0. The molecule has 1 aromatic heterocycles. The van der Waals surface area contributed by atoms with Crippen LogP contribution in [0.1, 0.15) is 51.6 Å². The van der Waals surface area contributed by atoms with Crippen molar-refractivity contribution in [2.24, 2.45) is 22.7 Å². The lowest BCUT2D eigenvalue weighted by Gasteiger charge is -2.60. The van der Waals surface area contributed by atoms with Gasteiger partial charge in [0.15, 0.2) is 0 Å². The summed E-state index contributed by atoms with van der Waals surface area (Å²) in [4.78, 5) is 17.0. The third kappa shape index (κ3) is 3.62. The molecule has 2 saturated carbocycles. The Labute approximate surface area is 161 Å². The topological polar surface area (TPSA) is 103 Å². The molecular weight excluding hydrogens is 344 g/mol. The Bertz CT molecular complexity index is 697. The van der Waals surface area contributed by atoms with Crippen molar-refractivity contribution in [3.63, 3.8) is 0 Å². The molecule has 0 saturated heterocycles. The maximum absolute atomic E-state index is 12.7. The van der Waals surface area contributed by atoms with Crippen molar-refractivity contribution in [3.05, 3.63) is 23.9 Å². The van der Waals surface area contributed by atoms with E-state index >= 15 is 0 Å². The SMILES string of the molecule is Cc1cccc(NC(=O)C[C@@H]2[C@H](O)CC[C@@H]3[C@](C)(CO)[C@H](O)CC[C@]32C)n1. The van der Waals surface area contributed by atoms with E-state index < -0.39 is 17.6 Å². The molecule has 2 aliphatic carbocycles. The first-order valence-corrected chi connectivity index (χ1v) is 9.91. The van der Waals surface area contributed by atoms with E-state index in [1.807, 2.05) is 26.0 Å². The molecular formula is C21H32N2O4. The summed E-state index contributed by atoms with van der Waals surface area (Å²) in [6.07, 6.45) is 1.76. The zero-order chi connectivity index (χ0) is 19.8. The summed E-state index contributed by atoms with van der Waals surface area (Å²) in [6.45, 7) is 5.83. The van der Waals surface area contributed by atoms with Crippen LogP contribution in [0.2, 0.25) is 0 Å². The Kier molecular flexibility index (Phi) is 5.62. The largest absolute Gasteiger partial charge is 0.396 e. The van der Waals surface area contributed by atoms with Crippen molar-refractivity contribution in [1.29, 1.82) is 0 Å². The molecule has 150 valence electrons. The van der Waals surface area contributed by atoms with Gasteiger partial charge in [0.05, 0.1) is 18.8 Å². The molecule has 0 bridgehead atoms. The average molecular weight is 376 g/mol. The van der Waals surface area contributed by atoms with Crippen molar-refractivity contribution in [2.45, 2.75) is 65.1 Å². The van der Waals surface area contributed by atoms with Crippen LogP contribution in [-0.2, 0) is 4.79 Å². The Morgan fingerprint density at radius 1 is 1.26 bits per heavy atom. The number of aromatic nitrogens is 1. The maximum Gasteiger partial charge on any atom is 0.225 e. The molecule has 6 heteroatoms. The molecule has 6 nitrogen and oxygen atoms in total. The number of anilines is 1. The third-order valence-electron chi connectivity index (χ3n) is 7.27. The summed E-state index contributed by atoms with van der Waals surface area (Å²) in [7, 11) is 0. The van der Waals surface area contributed by atoms with Crippen LogP contribution in [0.5, 0.6) is 0 Å². The molecule has 0 aromatic carbocycles. The third-order valence-corrected chi connectivity index (χ3v) is 7.27. The van der Waals surface area contributed by atoms with Crippen LogP contribution in [0, 0.1) is 29.6 Å². The van der Waals surface area contributed by atoms with Gasteiger partial charge in [-0.1, -0.05) is 19.9 Å². The molecule has 2 fully saturated rings. The van der Waals surface area contributed by atoms with Crippen molar-refractivity contribution in [3.8, 4) is 0 Å². The van der Waals surface area contributed by atoms with Crippen molar-refractivity contribution in [1.82, 2.24) is 4.98 Å². The highest BCUT2D eigenvalue weighted by Crippen LogP contribution is 2.60. The molecule has 1 aromatic rings. The van der Waals surface area contributed by atoms with Gasteiger partial charge in [0, 0.05) is 17.5 Å². The molecule has 4 N–H and O–H groups in total. The number of amides is 1. The lowest BCUT2D eigenvalue weighted by atomic mass is 9.46. The number of carbonyl (C=O) groups excluding carboxylic acids is 1. The van der Waals surface area contributed by atoms with E-state index in [0.29, 0.717) is 18.7 Å². The molecule has 0 aliphatic heterocycles.